The zero-order chi connectivity index (χ0) is 13.3. The molecule has 0 saturated carbocycles. The zero-order valence-corrected chi connectivity index (χ0v) is 7.89. The number of aldehydes is 1. The normalized spacial score (nSPS) is 12.4. The highest BCUT2D eigenvalue weighted by Gasteiger charge is 2.39. The molecule has 1 rings (SSSR count). The summed E-state index contributed by atoms with van der Waals surface area (Å²) in [6.45, 7) is 0. The zero-order valence-electron chi connectivity index (χ0n) is 7.89. The van der Waals surface area contributed by atoms with E-state index in [4.69, 9.17) is 0 Å². The lowest BCUT2D eigenvalue weighted by atomic mass is 10.1. The molecule has 17 heavy (non-hydrogen) atoms. The second-order valence-electron chi connectivity index (χ2n) is 2.92. The molecule has 0 aliphatic rings. The first-order valence-electron chi connectivity index (χ1n) is 4.05. The topological polar surface area (TPSA) is 26.3 Å². The number of benzene rings is 1. The Morgan fingerprint density at radius 3 is 2.06 bits per heavy atom. The molecule has 0 amide bonds. The van der Waals surface area contributed by atoms with Gasteiger partial charge in [0.05, 0.1) is 5.56 Å². The number of carbonyl (C=O) groups excluding carboxylic acids is 1. The quantitative estimate of drug-likeness (QED) is 0.600. The number of ether oxygens (including phenoxy) is 1. The lowest BCUT2D eigenvalue weighted by molar-refractivity contribution is -0.276. The summed E-state index contributed by atoms with van der Waals surface area (Å²) in [4.78, 5) is 10.3. The summed E-state index contributed by atoms with van der Waals surface area (Å²) in [7, 11) is 0. The number of hydrogen-bond donors (Lipinski definition) is 0. The summed E-state index contributed by atoms with van der Waals surface area (Å²) in [6, 6.07) is 1.53. The van der Waals surface area contributed by atoms with Crippen molar-refractivity contribution in [3.05, 3.63) is 29.3 Å². The minimum Gasteiger partial charge on any atom is -0.405 e. The number of carbonyl (C=O) groups is 1. The van der Waals surface area contributed by atoms with E-state index in [2.05, 4.69) is 4.74 Å². The molecule has 0 N–H and O–H groups in total. The smallest absolute Gasteiger partial charge is 0.405 e. The van der Waals surface area contributed by atoms with Crippen molar-refractivity contribution < 1.29 is 35.9 Å². The number of halogens is 6. The molecule has 94 valence electrons. The third-order valence-electron chi connectivity index (χ3n) is 1.67. The molecule has 0 unspecified atom stereocenters. The van der Waals surface area contributed by atoms with Crippen LogP contribution in [-0.4, -0.2) is 12.6 Å². The van der Waals surface area contributed by atoms with Gasteiger partial charge in [0.15, 0.2) is 0 Å². The summed E-state index contributed by atoms with van der Waals surface area (Å²) in [6.07, 6.45) is -10.2. The van der Waals surface area contributed by atoms with Crippen LogP contribution in [0.4, 0.5) is 26.3 Å². The van der Waals surface area contributed by atoms with Crippen molar-refractivity contribution in [1.29, 1.82) is 0 Å². The van der Waals surface area contributed by atoms with Gasteiger partial charge in [-0.05, 0) is 18.2 Å². The van der Waals surface area contributed by atoms with Gasteiger partial charge in [0.25, 0.3) is 0 Å². The molecule has 0 aliphatic carbocycles. The van der Waals surface area contributed by atoms with Crippen LogP contribution in [0.2, 0.25) is 0 Å². The molecule has 1 aromatic rings. The second-order valence-corrected chi connectivity index (χ2v) is 2.92. The lowest BCUT2D eigenvalue weighted by Crippen LogP contribution is -2.20. The van der Waals surface area contributed by atoms with Gasteiger partial charge < -0.3 is 4.74 Å². The third kappa shape index (κ3) is 3.65. The fourth-order valence-corrected chi connectivity index (χ4v) is 1.06. The lowest BCUT2D eigenvalue weighted by Gasteiger charge is -2.15. The van der Waals surface area contributed by atoms with Gasteiger partial charge >= 0.3 is 12.5 Å². The molecule has 0 radical (unpaired) electrons. The SMILES string of the molecule is O=Cc1ccc(OC(F)(F)F)c(C(F)(F)F)c1. The van der Waals surface area contributed by atoms with Crippen molar-refractivity contribution in [2.45, 2.75) is 12.5 Å². The van der Waals surface area contributed by atoms with Crippen molar-refractivity contribution in [1.82, 2.24) is 0 Å². The maximum absolute atomic E-state index is 12.4. The van der Waals surface area contributed by atoms with Gasteiger partial charge in [0, 0.05) is 5.56 Å². The minimum atomic E-state index is -5.23. The largest absolute Gasteiger partial charge is 0.573 e. The van der Waals surface area contributed by atoms with Gasteiger partial charge in [-0.1, -0.05) is 0 Å². The molecule has 0 heterocycles. The van der Waals surface area contributed by atoms with Gasteiger partial charge in [-0.2, -0.15) is 13.2 Å². The molecular formula is C9H4F6O2. The Labute approximate surface area is 90.8 Å². The van der Waals surface area contributed by atoms with Gasteiger partial charge in [-0.25, -0.2) is 0 Å². The minimum absolute atomic E-state index is 0.0899. The van der Waals surface area contributed by atoms with Crippen LogP contribution in [0.1, 0.15) is 15.9 Å². The average Bonchev–Trinajstić information content (AvgIpc) is 2.14. The Hall–Kier alpha value is -1.73. The highest BCUT2D eigenvalue weighted by Crippen LogP contribution is 2.38. The van der Waals surface area contributed by atoms with Crippen LogP contribution in [0, 0.1) is 0 Å². The van der Waals surface area contributed by atoms with Crippen LogP contribution in [0.3, 0.4) is 0 Å². The van der Waals surface area contributed by atoms with Gasteiger partial charge in [-0.3, -0.25) is 4.79 Å². The van der Waals surface area contributed by atoms with Gasteiger partial charge in [0.1, 0.15) is 12.0 Å². The predicted octanol–water partition coefficient (Wildman–Crippen LogP) is 3.42. The van der Waals surface area contributed by atoms with Crippen molar-refractivity contribution in [3.8, 4) is 5.75 Å². The molecule has 0 fully saturated rings. The van der Waals surface area contributed by atoms with Gasteiger partial charge in [0.2, 0.25) is 0 Å². The summed E-state index contributed by atoms with van der Waals surface area (Å²) < 4.78 is 75.9. The summed E-state index contributed by atoms with van der Waals surface area (Å²) in [5.74, 6) is -1.39. The molecule has 0 spiro atoms. The standard InChI is InChI=1S/C9H4F6O2/c10-8(11,12)6-3-5(4-16)1-2-7(6)17-9(13,14)15/h1-4H. The molecule has 0 bridgehead atoms. The van der Waals surface area contributed by atoms with E-state index in [1.807, 2.05) is 0 Å². The Balaban J connectivity index is 3.25. The van der Waals surface area contributed by atoms with Crippen LogP contribution in [0.25, 0.3) is 0 Å². The van der Waals surface area contributed by atoms with Crippen LogP contribution < -0.4 is 4.74 Å². The van der Waals surface area contributed by atoms with E-state index >= 15 is 0 Å². The third-order valence-corrected chi connectivity index (χ3v) is 1.67. The monoisotopic (exact) mass is 258 g/mol. The number of hydrogen-bond acceptors (Lipinski definition) is 2. The van der Waals surface area contributed by atoms with E-state index in [-0.39, 0.29) is 12.4 Å². The van der Waals surface area contributed by atoms with E-state index in [0.29, 0.717) is 6.07 Å². The first-order chi connectivity index (χ1) is 7.63. The highest BCUT2D eigenvalue weighted by molar-refractivity contribution is 5.75. The molecule has 0 aliphatic heterocycles. The Bertz CT molecular complexity index is 420. The van der Waals surface area contributed by atoms with E-state index < -0.39 is 29.4 Å². The Morgan fingerprint density at radius 2 is 1.65 bits per heavy atom. The second kappa shape index (κ2) is 4.27. The molecule has 1 aromatic carbocycles. The van der Waals surface area contributed by atoms with E-state index in [9.17, 15) is 31.1 Å². The fourth-order valence-electron chi connectivity index (χ4n) is 1.06. The summed E-state index contributed by atoms with van der Waals surface area (Å²) in [5, 5.41) is 0. The summed E-state index contributed by atoms with van der Waals surface area (Å²) >= 11 is 0. The number of alkyl halides is 6. The molecule has 0 aromatic heterocycles. The van der Waals surface area contributed by atoms with Crippen LogP contribution in [0.15, 0.2) is 18.2 Å². The van der Waals surface area contributed by atoms with Gasteiger partial charge in [-0.15, -0.1) is 13.2 Å². The first-order valence-corrected chi connectivity index (χ1v) is 4.05. The fraction of sp³-hybridized carbons (Fsp3) is 0.222. The average molecular weight is 258 g/mol. The van der Waals surface area contributed by atoms with Crippen molar-refractivity contribution in [2.75, 3.05) is 0 Å². The maximum Gasteiger partial charge on any atom is 0.573 e. The van der Waals surface area contributed by atoms with Crippen molar-refractivity contribution in [3.63, 3.8) is 0 Å². The highest BCUT2D eigenvalue weighted by atomic mass is 19.4. The first kappa shape index (κ1) is 13.3. The maximum atomic E-state index is 12.4. The van der Waals surface area contributed by atoms with Crippen molar-refractivity contribution in [2.24, 2.45) is 0 Å². The van der Waals surface area contributed by atoms with E-state index in [0.717, 1.165) is 6.07 Å². The molecule has 8 heteroatoms. The Morgan fingerprint density at radius 1 is 1.06 bits per heavy atom. The Kier molecular flexibility index (Phi) is 3.35. The van der Waals surface area contributed by atoms with E-state index in [1.54, 1.807) is 0 Å². The molecule has 0 saturated heterocycles. The number of rotatable bonds is 2. The van der Waals surface area contributed by atoms with Crippen LogP contribution >= 0.6 is 0 Å². The van der Waals surface area contributed by atoms with Crippen LogP contribution in [0.5, 0.6) is 5.75 Å². The van der Waals surface area contributed by atoms with E-state index in [1.165, 1.54) is 0 Å². The molecular weight excluding hydrogens is 254 g/mol. The molecule has 2 nitrogen and oxygen atoms in total. The van der Waals surface area contributed by atoms with Crippen molar-refractivity contribution >= 4 is 6.29 Å². The van der Waals surface area contributed by atoms with Crippen LogP contribution in [-0.2, 0) is 6.18 Å². The summed E-state index contributed by atoms with van der Waals surface area (Å²) in [5.41, 5.74) is -2.05. The predicted molar refractivity (Wildman–Crippen MR) is 43.5 cm³/mol. The molecule has 0 atom stereocenters.